The average molecular weight is 552 g/mol. The smallest absolute Gasteiger partial charge is 0.291 e. The van der Waals surface area contributed by atoms with Gasteiger partial charge >= 0.3 is 0 Å². The van der Waals surface area contributed by atoms with Crippen molar-refractivity contribution >= 4 is 17.5 Å². The SMILES string of the molecule is C#CCN1CCN(CC#Cc2ccc3c(c2)N(C)C(=O)[C@@H](NC(=O)c2ncn(Cc4ccccc4)n2)[C@@H](C)O3)CC1. The standard InChI is InChI=1S/C31H33N7O3/c1-4-14-36-16-18-37(19-17-36)15-8-11-24-12-13-27-26(20-24)35(3)31(40)28(23(2)41-27)33-30(39)29-32-22-38(34-29)21-25-9-6-5-7-10-25/h1,5-7,9-10,12-13,20,22-23,28H,14-19,21H2,2-3H3,(H,33,39)/t23-,28+/m1/s1. The van der Waals surface area contributed by atoms with Crippen molar-refractivity contribution in [2.75, 3.05) is 51.2 Å². The normalized spacial score (nSPS) is 19.2. The lowest BCUT2D eigenvalue weighted by Gasteiger charge is -2.32. The van der Waals surface area contributed by atoms with E-state index in [0.29, 0.717) is 31.1 Å². The lowest BCUT2D eigenvalue weighted by atomic mass is 10.1. The first kappa shape index (κ1) is 27.9. The van der Waals surface area contributed by atoms with Gasteiger partial charge < -0.3 is 15.0 Å². The van der Waals surface area contributed by atoms with Crippen LogP contribution in [-0.4, -0.2) is 94.8 Å². The number of likely N-dealkylation sites (N-methyl/N-ethyl adjacent to an activating group) is 1. The molecule has 210 valence electrons. The van der Waals surface area contributed by atoms with Gasteiger partial charge in [-0.1, -0.05) is 48.1 Å². The van der Waals surface area contributed by atoms with E-state index in [2.05, 4.69) is 43.0 Å². The van der Waals surface area contributed by atoms with Gasteiger partial charge in [0.05, 0.1) is 25.3 Å². The molecule has 10 nitrogen and oxygen atoms in total. The summed E-state index contributed by atoms with van der Waals surface area (Å²) < 4.78 is 7.70. The van der Waals surface area contributed by atoms with Crippen molar-refractivity contribution in [1.82, 2.24) is 29.9 Å². The summed E-state index contributed by atoms with van der Waals surface area (Å²) in [7, 11) is 1.67. The number of fused-ring (bicyclic) bond motifs is 1. The van der Waals surface area contributed by atoms with Crippen LogP contribution in [0, 0.1) is 24.2 Å². The Bertz CT molecular complexity index is 1490. The molecule has 1 N–H and O–H groups in total. The van der Waals surface area contributed by atoms with Crippen molar-refractivity contribution in [3.63, 3.8) is 0 Å². The number of terminal acetylenes is 1. The second-order valence-electron chi connectivity index (χ2n) is 10.2. The Morgan fingerprint density at radius 1 is 1.10 bits per heavy atom. The fourth-order valence-corrected chi connectivity index (χ4v) is 4.87. The van der Waals surface area contributed by atoms with E-state index in [-0.39, 0.29) is 11.7 Å². The third-order valence-corrected chi connectivity index (χ3v) is 7.23. The first-order valence-electron chi connectivity index (χ1n) is 13.6. The molecular weight excluding hydrogens is 518 g/mol. The number of aromatic nitrogens is 3. The molecule has 3 heterocycles. The molecule has 2 aliphatic rings. The second kappa shape index (κ2) is 12.7. The van der Waals surface area contributed by atoms with E-state index in [1.54, 1.807) is 18.7 Å². The number of carbonyl (C=O) groups is 2. The van der Waals surface area contributed by atoms with Crippen molar-refractivity contribution in [1.29, 1.82) is 0 Å². The highest BCUT2D eigenvalue weighted by molar-refractivity contribution is 6.02. The fraction of sp³-hybridized carbons (Fsp3) is 0.355. The van der Waals surface area contributed by atoms with Gasteiger partial charge in [-0.15, -0.1) is 11.5 Å². The molecule has 0 aliphatic carbocycles. The molecule has 2 amide bonds. The highest BCUT2D eigenvalue weighted by atomic mass is 16.5. The minimum absolute atomic E-state index is 0.0135. The molecular formula is C31H33N7O3. The quantitative estimate of drug-likeness (QED) is 0.464. The summed E-state index contributed by atoms with van der Waals surface area (Å²) in [4.78, 5) is 36.7. The van der Waals surface area contributed by atoms with Gasteiger partial charge in [-0.2, -0.15) is 0 Å². The van der Waals surface area contributed by atoms with Crippen LogP contribution < -0.4 is 15.0 Å². The maximum atomic E-state index is 13.5. The molecule has 0 saturated carbocycles. The largest absolute Gasteiger partial charge is 0.486 e. The summed E-state index contributed by atoms with van der Waals surface area (Å²) in [5.41, 5.74) is 2.41. The summed E-state index contributed by atoms with van der Waals surface area (Å²) in [5.74, 6) is 8.84. The van der Waals surface area contributed by atoms with Gasteiger partial charge in [0.2, 0.25) is 5.82 Å². The monoisotopic (exact) mass is 551 g/mol. The van der Waals surface area contributed by atoms with Crippen LogP contribution in [0.1, 0.15) is 28.7 Å². The van der Waals surface area contributed by atoms with Gasteiger partial charge in [0.15, 0.2) is 0 Å². The summed E-state index contributed by atoms with van der Waals surface area (Å²) in [5, 5.41) is 7.06. The predicted molar refractivity (Wildman–Crippen MR) is 155 cm³/mol. The number of ether oxygens (including phenoxy) is 1. The van der Waals surface area contributed by atoms with Crippen LogP contribution in [0.5, 0.6) is 5.75 Å². The second-order valence-corrected chi connectivity index (χ2v) is 10.2. The molecule has 5 rings (SSSR count). The number of benzene rings is 2. The molecule has 2 aromatic carbocycles. The maximum absolute atomic E-state index is 13.5. The summed E-state index contributed by atoms with van der Waals surface area (Å²) >= 11 is 0. The first-order chi connectivity index (χ1) is 19.9. The average Bonchev–Trinajstić information content (AvgIpc) is 3.43. The molecule has 1 fully saturated rings. The number of piperazine rings is 1. The Hall–Kier alpha value is -4.64. The lowest BCUT2D eigenvalue weighted by Crippen LogP contribution is -2.53. The number of hydrogen-bond acceptors (Lipinski definition) is 7. The molecule has 3 aromatic rings. The number of nitrogens with zero attached hydrogens (tertiary/aromatic N) is 6. The molecule has 10 heteroatoms. The Balaban J connectivity index is 1.22. The molecule has 0 spiro atoms. The minimum Gasteiger partial charge on any atom is -0.486 e. The first-order valence-corrected chi connectivity index (χ1v) is 13.6. The molecule has 1 saturated heterocycles. The Morgan fingerprint density at radius 3 is 2.56 bits per heavy atom. The van der Waals surface area contributed by atoms with E-state index in [9.17, 15) is 9.59 Å². The van der Waals surface area contributed by atoms with E-state index in [1.165, 1.54) is 11.2 Å². The van der Waals surface area contributed by atoms with Crippen LogP contribution in [0.4, 0.5) is 5.69 Å². The van der Waals surface area contributed by atoms with E-state index in [1.807, 2.05) is 48.5 Å². The van der Waals surface area contributed by atoms with Crippen LogP contribution >= 0.6 is 0 Å². The highest BCUT2D eigenvalue weighted by Gasteiger charge is 2.36. The van der Waals surface area contributed by atoms with Gasteiger partial charge in [0.1, 0.15) is 24.2 Å². The molecule has 2 atom stereocenters. The Kier molecular flexibility index (Phi) is 8.64. The summed E-state index contributed by atoms with van der Waals surface area (Å²) in [6.45, 7) is 7.32. The maximum Gasteiger partial charge on any atom is 0.291 e. The van der Waals surface area contributed by atoms with Gasteiger partial charge in [-0.3, -0.25) is 19.4 Å². The fourth-order valence-electron chi connectivity index (χ4n) is 4.87. The Morgan fingerprint density at radius 2 is 1.83 bits per heavy atom. The van der Waals surface area contributed by atoms with Crippen LogP contribution in [0.15, 0.2) is 54.9 Å². The highest BCUT2D eigenvalue weighted by Crippen LogP contribution is 2.33. The number of nitrogens with one attached hydrogen (secondary N) is 1. The topological polar surface area (TPSA) is 95.8 Å². The Labute approximate surface area is 240 Å². The zero-order valence-electron chi connectivity index (χ0n) is 23.3. The van der Waals surface area contributed by atoms with E-state index in [0.717, 1.165) is 37.3 Å². The predicted octanol–water partition coefficient (Wildman–Crippen LogP) is 1.47. The van der Waals surface area contributed by atoms with Gasteiger partial charge in [0.25, 0.3) is 11.8 Å². The van der Waals surface area contributed by atoms with Crippen LogP contribution in [0.2, 0.25) is 0 Å². The molecule has 0 radical (unpaired) electrons. The van der Waals surface area contributed by atoms with Gasteiger partial charge in [-0.05, 0) is 30.7 Å². The number of amides is 2. The van der Waals surface area contributed by atoms with Crippen LogP contribution in [-0.2, 0) is 11.3 Å². The third kappa shape index (κ3) is 6.75. The van der Waals surface area contributed by atoms with Crippen LogP contribution in [0.3, 0.4) is 0 Å². The number of carbonyl (C=O) groups excluding carboxylic acids is 2. The van der Waals surface area contributed by atoms with E-state index < -0.39 is 18.1 Å². The minimum atomic E-state index is -0.927. The lowest BCUT2D eigenvalue weighted by molar-refractivity contribution is -0.121. The van der Waals surface area contributed by atoms with Crippen molar-refractivity contribution in [3.8, 4) is 29.9 Å². The third-order valence-electron chi connectivity index (χ3n) is 7.23. The van der Waals surface area contributed by atoms with Gasteiger partial charge in [0, 0.05) is 38.8 Å². The van der Waals surface area contributed by atoms with Crippen LogP contribution in [0.25, 0.3) is 0 Å². The zero-order valence-corrected chi connectivity index (χ0v) is 23.3. The number of rotatable bonds is 6. The van der Waals surface area contributed by atoms with Gasteiger partial charge in [-0.25, -0.2) is 9.67 Å². The molecule has 41 heavy (non-hydrogen) atoms. The van der Waals surface area contributed by atoms with Crippen molar-refractivity contribution < 1.29 is 14.3 Å². The zero-order chi connectivity index (χ0) is 28.8. The number of anilines is 1. The molecule has 0 unspecified atom stereocenters. The molecule has 2 aliphatic heterocycles. The molecule has 0 bridgehead atoms. The summed E-state index contributed by atoms with van der Waals surface area (Å²) in [6, 6.07) is 14.4. The number of hydrogen-bond donors (Lipinski definition) is 1. The summed E-state index contributed by atoms with van der Waals surface area (Å²) in [6.07, 6.45) is 6.29. The van der Waals surface area contributed by atoms with E-state index >= 15 is 0 Å². The van der Waals surface area contributed by atoms with Crippen molar-refractivity contribution in [2.24, 2.45) is 0 Å². The molecule has 1 aromatic heterocycles. The van der Waals surface area contributed by atoms with E-state index in [4.69, 9.17) is 11.2 Å². The van der Waals surface area contributed by atoms with Crippen molar-refractivity contribution in [3.05, 3.63) is 71.8 Å². The van der Waals surface area contributed by atoms with Crippen molar-refractivity contribution in [2.45, 2.75) is 25.6 Å².